The van der Waals surface area contributed by atoms with Crippen molar-refractivity contribution in [2.45, 2.75) is 61.5 Å². The largest absolute Gasteiger partial charge is 0.299 e. The van der Waals surface area contributed by atoms with Crippen molar-refractivity contribution in [2.75, 3.05) is 6.54 Å². The van der Waals surface area contributed by atoms with E-state index in [1.165, 1.54) is 8.61 Å². The smallest absolute Gasteiger partial charge is 0.243 e. The highest BCUT2D eigenvalue weighted by atomic mass is 32.2. The molecule has 2 heterocycles. The summed E-state index contributed by atoms with van der Waals surface area (Å²) in [4.78, 5) is 14.3. The minimum absolute atomic E-state index is 0.0362. The number of benzene rings is 4. The highest BCUT2D eigenvalue weighted by Gasteiger charge is 2.54. The van der Waals surface area contributed by atoms with Gasteiger partial charge in [0, 0.05) is 24.9 Å². The van der Waals surface area contributed by atoms with E-state index in [0.29, 0.717) is 0 Å². The predicted octanol–water partition coefficient (Wildman–Crippen LogP) is 6.14. The maximum absolute atomic E-state index is 14.6. The lowest BCUT2D eigenvalue weighted by Gasteiger charge is -2.51. The van der Waals surface area contributed by atoms with Gasteiger partial charge in [-0.15, -0.1) is 0 Å². The van der Waals surface area contributed by atoms with Gasteiger partial charge in [0.1, 0.15) is 5.78 Å². The Morgan fingerprint density at radius 3 is 1.77 bits per heavy atom. The monoisotopic (exact) mass is 628 g/mol. The number of aryl methyl sites for hydroxylation is 3. The van der Waals surface area contributed by atoms with Crippen LogP contribution < -0.4 is 0 Å². The summed E-state index contributed by atoms with van der Waals surface area (Å²) in [6, 6.07) is 28.2. The number of fused-ring (bicyclic) bond motifs is 1. The van der Waals surface area contributed by atoms with Crippen molar-refractivity contribution in [1.82, 2.24) is 8.61 Å². The van der Waals surface area contributed by atoms with Crippen LogP contribution >= 0.6 is 0 Å². The molecule has 4 aromatic carbocycles. The van der Waals surface area contributed by atoms with Crippen molar-refractivity contribution in [3.63, 3.8) is 0 Å². The summed E-state index contributed by atoms with van der Waals surface area (Å²) in [7, 11) is -8.11. The summed E-state index contributed by atoms with van der Waals surface area (Å²) in [6.07, 6.45) is 0.102. The molecule has 44 heavy (non-hydrogen) atoms. The summed E-state index contributed by atoms with van der Waals surface area (Å²) in [5.74, 6) is -0.954. The third-order valence-electron chi connectivity index (χ3n) is 9.05. The Hall–Kier alpha value is -3.63. The van der Waals surface area contributed by atoms with Crippen LogP contribution in [0.2, 0.25) is 0 Å². The molecule has 4 aromatic rings. The van der Waals surface area contributed by atoms with E-state index in [0.717, 1.165) is 27.8 Å². The lowest BCUT2D eigenvalue weighted by Crippen LogP contribution is -2.61. The number of hydrogen-bond acceptors (Lipinski definition) is 5. The Labute approximate surface area is 260 Å². The van der Waals surface area contributed by atoms with Gasteiger partial charge in [-0.05, 0) is 68.1 Å². The fraction of sp³-hybridized carbons (Fsp3) is 0.286. The third kappa shape index (κ3) is 5.43. The quantitative estimate of drug-likeness (QED) is 0.256. The van der Waals surface area contributed by atoms with Crippen molar-refractivity contribution in [2.24, 2.45) is 5.92 Å². The fourth-order valence-corrected chi connectivity index (χ4v) is 10.2. The Bertz CT molecular complexity index is 1890. The van der Waals surface area contributed by atoms with E-state index in [4.69, 9.17) is 0 Å². The molecule has 228 valence electrons. The molecule has 0 bridgehead atoms. The molecule has 6 rings (SSSR count). The molecular formula is C35H36N2O5S2. The Kier molecular flexibility index (Phi) is 8.09. The van der Waals surface area contributed by atoms with E-state index in [1.807, 2.05) is 75.4 Å². The number of rotatable bonds is 6. The van der Waals surface area contributed by atoms with Gasteiger partial charge in [-0.25, -0.2) is 16.8 Å². The average molecular weight is 629 g/mol. The molecule has 0 aliphatic carbocycles. The molecule has 2 unspecified atom stereocenters. The third-order valence-corrected chi connectivity index (χ3v) is 12.9. The van der Waals surface area contributed by atoms with E-state index >= 15 is 0 Å². The molecule has 0 spiro atoms. The highest BCUT2D eigenvalue weighted by Crippen LogP contribution is 2.48. The van der Waals surface area contributed by atoms with Crippen LogP contribution in [0, 0.1) is 26.7 Å². The number of carbonyl (C=O) groups excluding carboxylic acids is 1. The second-order valence-corrected chi connectivity index (χ2v) is 15.6. The summed E-state index contributed by atoms with van der Waals surface area (Å²) in [5, 5.41) is 0. The first-order valence-corrected chi connectivity index (χ1v) is 17.7. The Morgan fingerprint density at radius 1 is 0.636 bits per heavy atom. The molecule has 9 heteroatoms. The van der Waals surface area contributed by atoms with Crippen LogP contribution in [0.15, 0.2) is 113 Å². The Morgan fingerprint density at radius 2 is 1.18 bits per heavy atom. The second kappa shape index (κ2) is 11.7. The summed E-state index contributed by atoms with van der Waals surface area (Å²) < 4.78 is 60.6. The van der Waals surface area contributed by atoms with Crippen molar-refractivity contribution >= 4 is 25.8 Å². The molecule has 0 saturated carbocycles. The van der Waals surface area contributed by atoms with Crippen LogP contribution in [-0.2, 0) is 24.8 Å². The van der Waals surface area contributed by atoms with Crippen molar-refractivity contribution in [1.29, 1.82) is 0 Å². The number of carbonyl (C=O) groups is 1. The van der Waals surface area contributed by atoms with Gasteiger partial charge < -0.3 is 0 Å². The van der Waals surface area contributed by atoms with Crippen LogP contribution in [0.4, 0.5) is 0 Å². The number of sulfonamides is 2. The van der Waals surface area contributed by atoms with Crippen LogP contribution in [0.1, 0.15) is 52.7 Å². The number of Topliss-reactive ketones (excluding diaryl/α,β-unsaturated/α-hetero) is 1. The number of ketones is 1. The van der Waals surface area contributed by atoms with Crippen LogP contribution in [0.25, 0.3) is 0 Å². The van der Waals surface area contributed by atoms with Crippen LogP contribution in [-0.4, -0.2) is 43.8 Å². The van der Waals surface area contributed by atoms with Crippen LogP contribution in [0.5, 0.6) is 0 Å². The fourth-order valence-electron chi connectivity index (χ4n) is 6.69. The van der Waals surface area contributed by atoms with Gasteiger partial charge in [-0.2, -0.15) is 8.61 Å². The van der Waals surface area contributed by atoms with Gasteiger partial charge in [-0.1, -0.05) is 90.0 Å². The molecule has 7 nitrogen and oxygen atoms in total. The minimum atomic E-state index is -4.09. The topological polar surface area (TPSA) is 91.8 Å². The molecule has 4 atom stereocenters. The minimum Gasteiger partial charge on any atom is -0.299 e. The molecule has 2 fully saturated rings. The molecule has 2 saturated heterocycles. The zero-order valence-corrected chi connectivity index (χ0v) is 26.6. The van der Waals surface area contributed by atoms with Gasteiger partial charge in [0.05, 0.1) is 21.9 Å². The molecule has 0 radical (unpaired) electrons. The summed E-state index contributed by atoms with van der Waals surface area (Å²) >= 11 is 0. The van der Waals surface area contributed by atoms with E-state index in [1.54, 1.807) is 48.5 Å². The second-order valence-electron chi connectivity index (χ2n) is 11.9. The van der Waals surface area contributed by atoms with Gasteiger partial charge in [0.15, 0.2) is 0 Å². The summed E-state index contributed by atoms with van der Waals surface area (Å²) in [5.41, 5.74) is 4.29. The van der Waals surface area contributed by atoms with E-state index < -0.39 is 44.1 Å². The maximum atomic E-state index is 14.6. The van der Waals surface area contributed by atoms with Crippen molar-refractivity contribution in [3.05, 3.63) is 131 Å². The Balaban J connectivity index is 1.51. The first kappa shape index (κ1) is 30.4. The van der Waals surface area contributed by atoms with Gasteiger partial charge in [0.2, 0.25) is 20.0 Å². The van der Waals surface area contributed by atoms with Crippen molar-refractivity contribution < 1.29 is 21.6 Å². The first-order valence-electron chi connectivity index (χ1n) is 14.8. The standard InChI is InChI=1S/C35H36N2O5S2/c1-24-13-17-28(18-14-24)43(39,40)36-23-31-33(21-32(36)27-10-5-4-6-11-27)37(44(41,42)29-19-15-25(2)16-20-29)34(22-35(31)38)30-12-8-7-9-26(30)3/h4-20,31-34H,21-23H2,1-3H3/t31-,32?,33+,34?/m1/s1. The zero-order chi connectivity index (χ0) is 31.2. The normalized spacial score (nSPS) is 23.3. The van der Waals surface area contributed by atoms with Gasteiger partial charge in [-0.3, -0.25) is 4.79 Å². The number of hydrogen-bond donors (Lipinski definition) is 0. The maximum Gasteiger partial charge on any atom is 0.243 e. The summed E-state index contributed by atoms with van der Waals surface area (Å²) in [6.45, 7) is 5.60. The molecule has 0 amide bonds. The molecule has 0 aromatic heterocycles. The average Bonchev–Trinajstić information content (AvgIpc) is 3.01. The highest BCUT2D eigenvalue weighted by molar-refractivity contribution is 7.89. The van der Waals surface area contributed by atoms with Crippen LogP contribution in [0.3, 0.4) is 0 Å². The molecular weight excluding hydrogens is 593 g/mol. The van der Waals surface area contributed by atoms with E-state index in [2.05, 4.69) is 0 Å². The van der Waals surface area contributed by atoms with Gasteiger partial charge >= 0.3 is 0 Å². The molecule has 2 aliphatic heterocycles. The van der Waals surface area contributed by atoms with Gasteiger partial charge in [0.25, 0.3) is 0 Å². The number of piperidine rings is 2. The van der Waals surface area contributed by atoms with E-state index in [9.17, 15) is 21.6 Å². The lowest BCUT2D eigenvalue weighted by atomic mass is 9.77. The number of nitrogens with zero attached hydrogens (tertiary/aromatic N) is 2. The predicted molar refractivity (Wildman–Crippen MR) is 170 cm³/mol. The van der Waals surface area contributed by atoms with E-state index in [-0.39, 0.29) is 35.0 Å². The van der Waals surface area contributed by atoms with Crippen molar-refractivity contribution in [3.8, 4) is 0 Å². The molecule has 0 N–H and O–H groups in total. The lowest BCUT2D eigenvalue weighted by molar-refractivity contribution is -0.132. The molecule has 2 aliphatic rings. The SMILES string of the molecule is Cc1ccc(S(=O)(=O)N2C[C@H]3C(=O)CC(c4ccccc4C)N(S(=O)(=O)c4ccc(C)cc4)[C@H]3CC2c2ccccc2)cc1. The zero-order valence-electron chi connectivity index (χ0n) is 25.0. The first-order chi connectivity index (χ1) is 21.0.